The lowest BCUT2D eigenvalue weighted by molar-refractivity contribution is -0.143. The molecule has 125 valence electrons. The van der Waals surface area contributed by atoms with E-state index in [2.05, 4.69) is 10.8 Å². The maximum atomic E-state index is 11.4. The van der Waals surface area contributed by atoms with E-state index in [1.54, 1.807) is 7.11 Å². The van der Waals surface area contributed by atoms with Crippen molar-refractivity contribution in [3.8, 4) is 5.75 Å². The molecular formula is C18H23ClNO3. The van der Waals surface area contributed by atoms with Gasteiger partial charge in [0.25, 0.3) is 0 Å². The summed E-state index contributed by atoms with van der Waals surface area (Å²) in [5.74, 6) is 0.558. The molecule has 0 saturated heterocycles. The first-order valence-corrected chi connectivity index (χ1v) is 8.30. The molecule has 0 saturated carbocycles. The van der Waals surface area contributed by atoms with Gasteiger partial charge in [0.15, 0.2) is 0 Å². The number of halogens is 1. The summed E-state index contributed by atoms with van der Waals surface area (Å²) in [5, 5.41) is 1.65. The summed E-state index contributed by atoms with van der Waals surface area (Å²) < 4.78 is 12.4. The van der Waals surface area contributed by atoms with Gasteiger partial charge in [0.2, 0.25) is 0 Å². The fourth-order valence-electron chi connectivity index (χ4n) is 2.71. The van der Waals surface area contributed by atoms with Gasteiger partial charge in [-0.15, -0.1) is 0 Å². The van der Waals surface area contributed by atoms with E-state index in [0.29, 0.717) is 23.8 Å². The molecule has 23 heavy (non-hydrogen) atoms. The van der Waals surface area contributed by atoms with Crippen LogP contribution < -0.4 is 4.74 Å². The van der Waals surface area contributed by atoms with Crippen molar-refractivity contribution in [3.05, 3.63) is 35.3 Å². The Morgan fingerprint density at radius 2 is 2.13 bits per heavy atom. The Kier molecular flexibility index (Phi) is 6.34. The van der Waals surface area contributed by atoms with E-state index in [9.17, 15) is 4.79 Å². The molecule has 5 heteroatoms. The van der Waals surface area contributed by atoms with Crippen LogP contribution in [0.25, 0.3) is 10.9 Å². The number of aromatic nitrogens is 1. The lowest BCUT2D eigenvalue weighted by atomic mass is 10.1. The van der Waals surface area contributed by atoms with Gasteiger partial charge in [0, 0.05) is 24.5 Å². The van der Waals surface area contributed by atoms with Crippen LogP contribution in [0.4, 0.5) is 0 Å². The third-order valence-corrected chi connectivity index (χ3v) is 4.22. The second kappa shape index (κ2) is 8.25. The fourth-order valence-corrected chi connectivity index (χ4v) is 3.05. The maximum absolute atomic E-state index is 11.4. The van der Waals surface area contributed by atoms with Crippen molar-refractivity contribution < 1.29 is 14.3 Å². The van der Waals surface area contributed by atoms with Crippen LogP contribution in [0.2, 0.25) is 5.02 Å². The van der Waals surface area contributed by atoms with Gasteiger partial charge in [-0.3, -0.25) is 4.79 Å². The first kappa shape index (κ1) is 17.7. The molecule has 2 rings (SSSR count). The molecule has 0 fully saturated rings. The van der Waals surface area contributed by atoms with E-state index in [-0.39, 0.29) is 5.97 Å². The predicted molar refractivity (Wildman–Crippen MR) is 93.1 cm³/mol. The van der Waals surface area contributed by atoms with Crippen molar-refractivity contribution in [3.63, 3.8) is 0 Å². The highest BCUT2D eigenvalue weighted by Crippen LogP contribution is 2.36. The van der Waals surface area contributed by atoms with Crippen molar-refractivity contribution >= 4 is 28.5 Å². The number of methoxy groups -OCH3 is 1. The highest BCUT2D eigenvalue weighted by molar-refractivity contribution is 6.37. The topological polar surface area (TPSA) is 40.5 Å². The second-order valence-corrected chi connectivity index (χ2v) is 5.68. The summed E-state index contributed by atoms with van der Waals surface area (Å²) in [4.78, 5) is 11.4. The van der Waals surface area contributed by atoms with E-state index in [0.717, 1.165) is 35.9 Å². The third kappa shape index (κ3) is 3.99. The zero-order valence-electron chi connectivity index (χ0n) is 13.9. The number of fused-ring (bicyclic) bond motifs is 1. The minimum absolute atomic E-state index is 0.125. The number of rotatable bonds is 8. The highest BCUT2D eigenvalue weighted by Gasteiger charge is 2.14. The summed E-state index contributed by atoms with van der Waals surface area (Å²) in [6, 6.07) is 3.91. The summed E-state index contributed by atoms with van der Waals surface area (Å²) in [6.45, 7) is 5.10. The number of carbonyl (C=O) groups is 1. The number of unbranched alkanes of at least 4 members (excludes halogenated alkanes) is 1. The van der Waals surface area contributed by atoms with E-state index >= 15 is 0 Å². The number of benzene rings is 1. The molecule has 0 unspecified atom stereocenters. The van der Waals surface area contributed by atoms with Gasteiger partial charge in [0.05, 0.1) is 24.3 Å². The first-order valence-electron chi connectivity index (χ1n) is 7.92. The Labute approximate surface area is 142 Å². The number of hydrogen-bond donors (Lipinski definition) is 0. The average molecular weight is 337 g/mol. The number of esters is 1. The normalized spacial score (nSPS) is 11.0. The summed E-state index contributed by atoms with van der Waals surface area (Å²) in [5.41, 5.74) is 2.18. The average Bonchev–Trinajstić information content (AvgIpc) is 2.91. The maximum Gasteiger partial charge on any atom is 0.305 e. The summed E-state index contributed by atoms with van der Waals surface area (Å²) in [6.07, 6.45) is 6.33. The molecule has 0 bridgehead atoms. The number of aryl methyl sites for hydroxylation is 1. The lowest BCUT2D eigenvalue weighted by Gasteiger charge is -2.08. The van der Waals surface area contributed by atoms with E-state index in [4.69, 9.17) is 21.1 Å². The minimum Gasteiger partial charge on any atom is -0.495 e. The van der Waals surface area contributed by atoms with E-state index in [1.807, 2.05) is 32.4 Å². The van der Waals surface area contributed by atoms with Crippen molar-refractivity contribution in [2.24, 2.45) is 0 Å². The van der Waals surface area contributed by atoms with Gasteiger partial charge >= 0.3 is 5.97 Å². The Bertz CT molecular complexity index is 678. The van der Waals surface area contributed by atoms with Crippen LogP contribution in [0.3, 0.4) is 0 Å². The van der Waals surface area contributed by atoms with Crippen LogP contribution >= 0.6 is 11.6 Å². The zero-order valence-corrected chi connectivity index (χ0v) is 14.7. The highest BCUT2D eigenvalue weighted by atomic mass is 35.5. The molecule has 4 nitrogen and oxygen atoms in total. The minimum atomic E-state index is -0.125. The number of nitrogens with zero attached hydrogens (tertiary/aromatic N) is 1. The van der Waals surface area contributed by atoms with Crippen LogP contribution in [0.5, 0.6) is 5.75 Å². The molecule has 0 amide bonds. The third-order valence-electron chi connectivity index (χ3n) is 3.84. The molecule has 0 aliphatic heterocycles. The largest absolute Gasteiger partial charge is 0.495 e. The Hall–Kier alpha value is -1.68. The molecule has 1 heterocycles. The Morgan fingerprint density at radius 1 is 1.35 bits per heavy atom. The number of hydrogen-bond acceptors (Lipinski definition) is 3. The smallest absolute Gasteiger partial charge is 0.305 e. The molecule has 0 aliphatic rings. The quantitative estimate of drug-likeness (QED) is 0.522. The van der Waals surface area contributed by atoms with Gasteiger partial charge in [-0.25, -0.2) is 0 Å². The lowest BCUT2D eigenvalue weighted by Crippen LogP contribution is -2.04. The van der Waals surface area contributed by atoms with Gasteiger partial charge in [-0.1, -0.05) is 18.5 Å². The standard InChI is InChI=1S/C18H23ClNO3/c1-4-13-12-20(11-7-6-8-16(21)23-5-2)14-9-10-15(22-3)18(19)17(13)14/h4,9-10,12H,5-8,11H2,1-3H3. The van der Waals surface area contributed by atoms with Crippen LogP contribution in [-0.4, -0.2) is 24.3 Å². The van der Waals surface area contributed by atoms with Crippen LogP contribution in [0.1, 0.15) is 38.7 Å². The Balaban J connectivity index is 2.12. The fraction of sp³-hybridized carbons (Fsp3) is 0.444. The molecule has 2 aromatic rings. The van der Waals surface area contributed by atoms with Gasteiger partial charge < -0.3 is 14.0 Å². The van der Waals surface area contributed by atoms with Gasteiger partial charge in [0.1, 0.15) is 5.75 Å². The molecule has 1 radical (unpaired) electrons. The van der Waals surface area contributed by atoms with Crippen molar-refractivity contribution in [2.45, 2.75) is 39.7 Å². The summed E-state index contributed by atoms with van der Waals surface area (Å²) in [7, 11) is 1.62. The molecule has 1 aromatic carbocycles. The molecular weight excluding hydrogens is 314 g/mol. The monoisotopic (exact) mass is 336 g/mol. The summed E-state index contributed by atoms with van der Waals surface area (Å²) >= 11 is 6.46. The van der Waals surface area contributed by atoms with Crippen molar-refractivity contribution in [1.29, 1.82) is 0 Å². The van der Waals surface area contributed by atoms with Gasteiger partial charge in [-0.2, -0.15) is 0 Å². The van der Waals surface area contributed by atoms with Crippen molar-refractivity contribution in [2.75, 3.05) is 13.7 Å². The number of ether oxygens (including phenoxy) is 2. The predicted octanol–water partition coefficient (Wildman–Crippen LogP) is 4.61. The molecule has 0 spiro atoms. The SMILES string of the molecule is C[CH]c1cn(CCCCC(=O)OCC)c2ccc(OC)c(Cl)c12. The Morgan fingerprint density at radius 3 is 2.78 bits per heavy atom. The molecule has 0 atom stereocenters. The first-order chi connectivity index (χ1) is 11.1. The van der Waals surface area contributed by atoms with Gasteiger partial charge in [-0.05, 0) is 43.9 Å². The molecule has 1 aromatic heterocycles. The van der Waals surface area contributed by atoms with Crippen LogP contribution in [0.15, 0.2) is 18.3 Å². The molecule has 0 aliphatic carbocycles. The van der Waals surface area contributed by atoms with Crippen molar-refractivity contribution in [1.82, 2.24) is 4.57 Å². The molecule has 0 N–H and O–H groups in total. The van der Waals surface area contributed by atoms with E-state index in [1.165, 1.54) is 0 Å². The zero-order chi connectivity index (χ0) is 16.8. The van der Waals surface area contributed by atoms with E-state index < -0.39 is 0 Å². The van der Waals surface area contributed by atoms with Crippen LogP contribution in [-0.2, 0) is 16.1 Å². The number of carbonyl (C=O) groups excluding carboxylic acids is 1. The second-order valence-electron chi connectivity index (χ2n) is 5.30. The van der Waals surface area contributed by atoms with Crippen LogP contribution in [0, 0.1) is 6.42 Å².